The van der Waals surface area contributed by atoms with Crippen LogP contribution in [0.3, 0.4) is 0 Å². The van der Waals surface area contributed by atoms with Gasteiger partial charge in [0.25, 0.3) is 0 Å². The van der Waals surface area contributed by atoms with Crippen molar-refractivity contribution in [2.45, 2.75) is 26.3 Å². The third kappa shape index (κ3) is 4.03. The van der Waals surface area contributed by atoms with Gasteiger partial charge in [0.15, 0.2) is 0 Å². The first-order chi connectivity index (χ1) is 13.3. The quantitative estimate of drug-likeness (QED) is 0.664. The Kier molecular flexibility index (Phi) is 5.17. The standard InChI is InChI=1S/C21H22N4O3/c1-21(2,3)25(20(27)28)17-9-5-4-8-16(17)23-19(26)12-11-15-14-22-18-10-6-7-13-24(15)18/h4-14H,1-3H3,(H,23,26)(H,27,28). The van der Waals surface area contributed by atoms with Crippen molar-refractivity contribution in [2.75, 3.05) is 10.2 Å². The molecule has 0 saturated heterocycles. The van der Waals surface area contributed by atoms with Gasteiger partial charge in [0.2, 0.25) is 5.91 Å². The van der Waals surface area contributed by atoms with Crippen LogP contribution >= 0.6 is 0 Å². The van der Waals surface area contributed by atoms with Crippen LogP contribution < -0.4 is 10.2 Å². The maximum atomic E-state index is 12.4. The molecule has 0 atom stereocenters. The van der Waals surface area contributed by atoms with Gasteiger partial charge in [-0.1, -0.05) is 18.2 Å². The lowest BCUT2D eigenvalue weighted by molar-refractivity contribution is -0.111. The van der Waals surface area contributed by atoms with E-state index in [0.717, 1.165) is 11.3 Å². The van der Waals surface area contributed by atoms with Crippen molar-refractivity contribution in [1.82, 2.24) is 9.38 Å². The lowest BCUT2D eigenvalue weighted by atomic mass is 10.0. The predicted octanol–water partition coefficient (Wildman–Crippen LogP) is 4.27. The zero-order chi connectivity index (χ0) is 20.3. The predicted molar refractivity (Wildman–Crippen MR) is 110 cm³/mol. The van der Waals surface area contributed by atoms with Gasteiger partial charge in [-0.2, -0.15) is 0 Å². The maximum absolute atomic E-state index is 12.4. The molecular weight excluding hydrogens is 356 g/mol. The van der Waals surface area contributed by atoms with Gasteiger partial charge in [0.05, 0.1) is 23.3 Å². The molecule has 0 saturated carbocycles. The number of amides is 2. The van der Waals surface area contributed by atoms with Gasteiger partial charge in [-0.05, 0) is 51.1 Å². The van der Waals surface area contributed by atoms with Gasteiger partial charge < -0.3 is 14.8 Å². The second-order valence-corrected chi connectivity index (χ2v) is 7.24. The number of imidazole rings is 1. The summed E-state index contributed by atoms with van der Waals surface area (Å²) in [6.45, 7) is 5.39. The van der Waals surface area contributed by atoms with Crippen molar-refractivity contribution in [3.05, 3.63) is 66.6 Å². The first kappa shape index (κ1) is 19.2. The smallest absolute Gasteiger partial charge is 0.412 e. The molecule has 3 rings (SSSR count). The minimum absolute atomic E-state index is 0.363. The summed E-state index contributed by atoms with van der Waals surface area (Å²) in [7, 11) is 0. The van der Waals surface area contributed by atoms with Crippen LogP contribution in [0.5, 0.6) is 0 Å². The summed E-state index contributed by atoms with van der Waals surface area (Å²) < 4.78 is 1.86. The summed E-state index contributed by atoms with van der Waals surface area (Å²) in [6.07, 6.45) is 5.52. The van der Waals surface area contributed by atoms with Crippen molar-refractivity contribution in [3.63, 3.8) is 0 Å². The number of carbonyl (C=O) groups excluding carboxylic acids is 1. The Bertz CT molecular complexity index is 1050. The monoisotopic (exact) mass is 378 g/mol. The van der Waals surface area contributed by atoms with E-state index in [4.69, 9.17) is 0 Å². The van der Waals surface area contributed by atoms with E-state index in [0.29, 0.717) is 11.4 Å². The number of benzene rings is 1. The van der Waals surface area contributed by atoms with Gasteiger partial charge in [0.1, 0.15) is 5.65 Å². The fraction of sp³-hybridized carbons (Fsp3) is 0.190. The maximum Gasteiger partial charge on any atom is 0.412 e. The zero-order valence-electron chi connectivity index (χ0n) is 16.0. The zero-order valence-corrected chi connectivity index (χ0v) is 16.0. The number of para-hydroxylation sites is 2. The van der Waals surface area contributed by atoms with Gasteiger partial charge in [-0.15, -0.1) is 0 Å². The number of carbonyl (C=O) groups is 2. The molecule has 7 nitrogen and oxygen atoms in total. The van der Waals surface area contributed by atoms with Crippen LogP contribution in [-0.4, -0.2) is 32.0 Å². The van der Waals surface area contributed by atoms with Gasteiger partial charge in [-0.3, -0.25) is 9.69 Å². The van der Waals surface area contributed by atoms with Crippen LogP contribution in [0.1, 0.15) is 26.5 Å². The number of aromatic nitrogens is 2. The average molecular weight is 378 g/mol. The van der Waals surface area contributed by atoms with E-state index in [1.165, 1.54) is 11.0 Å². The summed E-state index contributed by atoms with van der Waals surface area (Å²) in [6, 6.07) is 12.5. The van der Waals surface area contributed by atoms with Crippen molar-refractivity contribution in [2.24, 2.45) is 0 Å². The van der Waals surface area contributed by atoms with E-state index in [-0.39, 0.29) is 5.91 Å². The van der Waals surface area contributed by atoms with E-state index in [2.05, 4.69) is 10.3 Å². The van der Waals surface area contributed by atoms with Gasteiger partial charge in [0, 0.05) is 17.8 Å². The fourth-order valence-electron chi connectivity index (χ4n) is 2.94. The molecule has 0 unspecified atom stereocenters. The molecule has 2 aromatic heterocycles. The summed E-state index contributed by atoms with van der Waals surface area (Å²) >= 11 is 0. The largest absolute Gasteiger partial charge is 0.465 e. The van der Waals surface area contributed by atoms with E-state index in [1.807, 2.05) is 28.8 Å². The number of rotatable bonds is 4. The topological polar surface area (TPSA) is 86.9 Å². The van der Waals surface area contributed by atoms with Crippen LogP contribution in [0.25, 0.3) is 11.7 Å². The molecule has 2 N–H and O–H groups in total. The van der Waals surface area contributed by atoms with E-state index < -0.39 is 11.6 Å². The first-order valence-corrected chi connectivity index (χ1v) is 8.81. The third-order valence-electron chi connectivity index (χ3n) is 4.12. The molecular formula is C21H22N4O3. The second-order valence-electron chi connectivity index (χ2n) is 7.24. The number of anilines is 2. The first-order valence-electron chi connectivity index (χ1n) is 8.81. The Hall–Kier alpha value is -3.61. The highest BCUT2D eigenvalue weighted by molar-refractivity contribution is 6.05. The highest BCUT2D eigenvalue weighted by atomic mass is 16.4. The van der Waals surface area contributed by atoms with Crippen molar-refractivity contribution < 1.29 is 14.7 Å². The SMILES string of the molecule is CC(C)(C)N(C(=O)O)c1ccccc1NC(=O)C=Cc1cnc2ccccn12. The molecule has 0 radical (unpaired) electrons. The Balaban J connectivity index is 1.84. The third-order valence-corrected chi connectivity index (χ3v) is 4.12. The number of hydrogen-bond donors (Lipinski definition) is 2. The molecule has 28 heavy (non-hydrogen) atoms. The summed E-state index contributed by atoms with van der Waals surface area (Å²) in [5, 5.41) is 12.4. The lowest BCUT2D eigenvalue weighted by Gasteiger charge is -2.34. The molecule has 0 bridgehead atoms. The number of hydrogen-bond acceptors (Lipinski definition) is 3. The number of fused-ring (bicyclic) bond motifs is 1. The summed E-state index contributed by atoms with van der Waals surface area (Å²) in [5.41, 5.74) is 1.72. The van der Waals surface area contributed by atoms with Gasteiger partial charge in [-0.25, -0.2) is 9.78 Å². The summed E-state index contributed by atoms with van der Waals surface area (Å²) in [5.74, 6) is -0.363. The Morgan fingerprint density at radius 1 is 1.14 bits per heavy atom. The highest BCUT2D eigenvalue weighted by Gasteiger charge is 2.29. The van der Waals surface area contributed by atoms with Crippen molar-refractivity contribution >= 4 is 35.1 Å². The molecule has 7 heteroatoms. The number of nitrogens with one attached hydrogen (secondary N) is 1. The molecule has 0 spiro atoms. The van der Waals surface area contributed by atoms with Crippen molar-refractivity contribution in [3.8, 4) is 0 Å². The second kappa shape index (κ2) is 7.56. The van der Waals surface area contributed by atoms with E-state index in [1.54, 1.807) is 57.3 Å². The van der Waals surface area contributed by atoms with Crippen LogP contribution in [0.2, 0.25) is 0 Å². The van der Waals surface area contributed by atoms with Crippen LogP contribution in [0.4, 0.5) is 16.2 Å². The van der Waals surface area contributed by atoms with Crippen LogP contribution in [0.15, 0.2) is 60.9 Å². The van der Waals surface area contributed by atoms with E-state index in [9.17, 15) is 14.7 Å². The Morgan fingerprint density at radius 3 is 2.57 bits per heavy atom. The highest BCUT2D eigenvalue weighted by Crippen LogP contribution is 2.31. The van der Waals surface area contributed by atoms with Gasteiger partial charge >= 0.3 is 6.09 Å². The van der Waals surface area contributed by atoms with Crippen molar-refractivity contribution in [1.29, 1.82) is 0 Å². The summed E-state index contributed by atoms with van der Waals surface area (Å²) in [4.78, 5) is 29.7. The molecule has 0 aliphatic rings. The number of nitrogens with zero attached hydrogens (tertiary/aromatic N) is 3. The molecule has 3 aromatic rings. The molecule has 0 aliphatic heterocycles. The minimum atomic E-state index is -1.09. The molecule has 2 heterocycles. The fourth-order valence-corrected chi connectivity index (χ4v) is 2.94. The molecule has 144 valence electrons. The minimum Gasteiger partial charge on any atom is -0.465 e. The number of carboxylic acid groups (broad SMARTS) is 1. The molecule has 0 aliphatic carbocycles. The normalized spacial score (nSPS) is 11.7. The Morgan fingerprint density at radius 2 is 1.86 bits per heavy atom. The average Bonchev–Trinajstić information content (AvgIpc) is 3.03. The van der Waals surface area contributed by atoms with Crippen LogP contribution in [0, 0.1) is 0 Å². The van der Waals surface area contributed by atoms with Crippen LogP contribution in [-0.2, 0) is 4.79 Å². The Labute approximate surface area is 162 Å². The lowest BCUT2D eigenvalue weighted by Crippen LogP contribution is -2.45. The van der Waals surface area contributed by atoms with E-state index >= 15 is 0 Å². The molecule has 0 fully saturated rings. The number of pyridine rings is 1. The molecule has 2 amide bonds. The molecule has 1 aromatic carbocycles.